The van der Waals surface area contributed by atoms with Crippen LogP contribution >= 0.6 is 31.9 Å². The summed E-state index contributed by atoms with van der Waals surface area (Å²) in [5.41, 5.74) is 0.647. The van der Waals surface area contributed by atoms with Crippen molar-refractivity contribution in [2.45, 2.75) is 21.9 Å². The summed E-state index contributed by atoms with van der Waals surface area (Å²) in [6.45, 7) is 0. The Morgan fingerprint density at radius 3 is 1.90 bits per heavy atom. The van der Waals surface area contributed by atoms with E-state index >= 15 is 0 Å². The number of fused-ring (bicyclic) bond motifs is 5. The Hall–Kier alpha value is -0.720. The van der Waals surface area contributed by atoms with Gasteiger partial charge in [0.1, 0.15) is 0 Å². The van der Waals surface area contributed by atoms with Crippen molar-refractivity contribution >= 4 is 49.4 Å². The summed E-state index contributed by atoms with van der Waals surface area (Å²) in [6, 6.07) is 9.10. The SMILES string of the molecule is O=C1[C@@H]2[C@H]3O[C@@H]([C@H](Br)[C@@H]3Br)[C@@H]2C(=O)N1c1ccccc1. The van der Waals surface area contributed by atoms with Gasteiger partial charge in [-0.05, 0) is 12.1 Å². The molecular weight excluding hydrogens is 390 g/mol. The molecule has 0 saturated carbocycles. The molecule has 0 radical (unpaired) electrons. The smallest absolute Gasteiger partial charge is 0.240 e. The highest BCUT2D eigenvalue weighted by Crippen LogP contribution is 2.53. The Kier molecular flexibility index (Phi) is 2.85. The molecule has 4 rings (SSSR count). The molecule has 6 atom stereocenters. The third kappa shape index (κ3) is 1.50. The number of anilines is 1. The number of rotatable bonds is 1. The second-order valence-corrected chi connectivity index (χ2v) is 7.47. The number of nitrogens with zero attached hydrogens (tertiary/aromatic N) is 1. The van der Waals surface area contributed by atoms with Gasteiger partial charge in [0.25, 0.3) is 0 Å². The zero-order chi connectivity index (χ0) is 14.0. The highest BCUT2D eigenvalue weighted by atomic mass is 79.9. The van der Waals surface area contributed by atoms with Crippen LogP contribution in [0.3, 0.4) is 0 Å². The fourth-order valence-electron chi connectivity index (χ4n) is 3.49. The van der Waals surface area contributed by atoms with Gasteiger partial charge in [0.15, 0.2) is 0 Å². The fraction of sp³-hybridized carbons (Fsp3) is 0.429. The number of hydrogen-bond donors (Lipinski definition) is 0. The second-order valence-electron chi connectivity index (χ2n) is 5.35. The molecule has 3 aliphatic heterocycles. The summed E-state index contributed by atoms with van der Waals surface area (Å²) in [6.07, 6.45) is -0.445. The molecule has 0 spiro atoms. The summed E-state index contributed by atoms with van der Waals surface area (Å²) in [7, 11) is 0. The van der Waals surface area contributed by atoms with Crippen LogP contribution in [-0.4, -0.2) is 33.7 Å². The lowest BCUT2D eigenvalue weighted by molar-refractivity contribution is -0.124. The number of hydrogen-bond acceptors (Lipinski definition) is 3. The van der Waals surface area contributed by atoms with Crippen LogP contribution in [0.4, 0.5) is 5.69 Å². The Labute approximate surface area is 132 Å². The van der Waals surface area contributed by atoms with E-state index in [0.717, 1.165) is 0 Å². The van der Waals surface area contributed by atoms with Crippen molar-refractivity contribution < 1.29 is 14.3 Å². The van der Waals surface area contributed by atoms with Gasteiger partial charge in [0, 0.05) is 0 Å². The maximum absolute atomic E-state index is 12.6. The van der Waals surface area contributed by atoms with Crippen LogP contribution in [0.25, 0.3) is 0 Å². The largest absolute Gasteiger partial charge is 0.371 e. The van der Waals surface area contributed by atoms with Gasteiger partial charge in [-0.15, -0.1) is 0 Å². The molecule has 2 amide bonds. The van der Waals surface area contributed by atoms with E-state index in [2.05, 4.69) is 31.9 Å². The molecule has 2 bridgehead atoms. The molecule has 3 fully saturated rings. The fourth-order valence-corrected chi connectivity index (χ4v) is 5.00. The molecule has 4 nitrogen and oxygen atoms in total. The van der Waals surface area contributed by atoms with E-state index < -0.39 is 0 Å². The lowest BCUT2D eigenvalue weighted by Crippen LogP contribution is -2.42. The van der Waals surface area contributed by atoms with E-state index in [9.17, 15) is 9.59 Å². The van der Waals surface area contributed by atoms with Crippen LogP contribution < -0.4 is 4.90 Å². The maximum Gasteiger partial charge on any atom is 0.240 e. The van der Waals surface area contributed by atoms with Crippen LogP contribution in [0.15, 0.2) is 30.3 Å². The van der Waals surface area contributed by atoms with Gasteiger partial charge in [-0.2, -0.15) is 0 Å². The molecule has 3 aliphatic rings. The number of alkyl halides is 2. The number of amides is 2. The van der Waals surface area contributed by atoms with Crippen LogP contribution in [-0.2, 0) is 14.3 Å². The van der Waals surface area contributed by atoms with Gasteiger partial charge < -0.3 is 4.74 Å². The van der Waals surface area contributed by atoms with Gasteiger partial charge in [-0.25, -0.2) is 4.90 Å². The van der Waals surface area contributed by atoms with Crippen LogP contribution in [0, 0.1) is 11.8 Å². The van der Waals surface area contributed by atoms with Crippen molar-refractivity contribution in [3.8, 4) is 0 Å². The Morgan fingerprint density at radius 2 is 1.40 bits per heavy atom. The Bertz CT molecular complexity index is 561. The first-order valence-electron chi connectivity index (χ1n) is 6.47. The molecule has 0 aromatic heterocycles. The molecule has 104 valence electrons. The highest BCUT2D eigenvalue weighted by Gasteiger charge is 2.68. The first kappa shape index (κ1) is 13.0. The molecule has 3 heterocycles. The standard InChI is InChI=1S/C14H11Br2NO3/c15-9-10(16)12-8-7(11(9)20-12)13(18)17(14(8)19)6-4-2-1-3-5-6/h1-5,7-12H/t7-,8+,9-,10+,11-,12-/m1/s1. The Morgan fingerprint density at radius 1 is 0.900 bits per heavy atom. The molecule has 6 heteroatoms. The van der Waals surface area contributed by atoms with Crippen molar-refractivity contribution in [2.75, 3.05) is 4.90 Å². The van der Waals surface area contributed by atoms with Crippen LogP contribution in [0.5, 0.6) is 0 Å². The van der Waals surface area contributed by atoms with Crippen molar-refractivity contribution in [1.82, 2.24) is 0 Å². The van der Waals surface area contributed by atoms with Gasteiger partial charge in [0.2, 0.25) is 11.8 Å². The van der Waals surface area contributed by atoms with Gasteiger partial charge >= 0.3 is 0 Å². The first-order chi connectivity index (χ1) is 9.61. The van der Waals surface area contributed by atoms with Crippen LogP contribution in [0.1, 0.15) is 0 Å². The quantitative estimate of drug-likeness (QED) is 0.535. The number of carbonyl (C=O) groups is 2. The van der Waals surface area contributed by atoms with Crippen molar-refractivity contribution in [2.24, 2.45) is 11.8 Å². The normalized spacial score (nSPS) is 42.4. The first-order valence-corrected chi connectivity index (χ1v) is 8.31. The highest BCUT2D eigenvalue weighted by molar-refractivity contribution is 9.12. The maximum atomic E-state index is 12.6. The minimum absolute atomic E-state index is 0.0706. The lowest BCUT2D eigenvalue weighted by Gasteiger charge is -2.24. The monoisotopic (exact) mass is 399 g/mol. The zero-order valence-electron chi connectivity index (χ0n) is 10.3. The molecule has 3 saturated heterocycles. The van der Waals surface area contributed by atoms with E-state index in [-0.39, 0.29) is 45.5 Å². The molecule has 20 heavy (non-hydrogen) atoms. The minimum atomic E-state index is -0.356. The number of para-hydroxylation sites is 1. The van der Waals surface area contributed by atoms with Gasteiger partial charge in [-0.1, -0.05) is 50.1 Å². The average Bonchev–Trinajstić information content (AvgIpc) is 3.05. The molecule has 1 aromatic carbocycles. The molecule has 0 N–H and O–H groups in total. The predicted molar refractivity (Wildman–Crippen MR) is 80.0 cm³/mol. The van der Waals surface area contributed by atoms with Crippen molar-refractivity contribution in [1.29, 1.82) is 0 Å². The topological polar surface area (TPSA) is 46.6 Å². The third-order valence-electron chi connectivity index (χ3n) is 4.37. The number of imide groups is 1. The van der Waals surface area contributed by atoms with Gasteiger partial charge in [-0.3, -0.25) is 9.59 Å². The molecule has 0 unspecified atom stereocenters. The summed E-state index contributed by atoms with van der Waals surface area (Å²) < 4.78 is 5.83. The van der Waals surface area contributed by atoms with Crippen molar-refractivity contribution in [3.05, 3.63) is 30.3 Å². The zero-order valence-corrected chi connectivity index (χ0v) is 13.5. The second kappa shape index (κ2) is 4.39. The van der Waals surface area contributed by atoms with Gasteiger partial charge in [0.05, 0.1) is 39.4 Å². The van der Waals surface area contributed by atoms with E-state index in [0.29, 0.717) is 5.69 Å². The minimum Gasteiger partial charge on any atom is -0.371 e. The Balaban J connectivity index is 1.75. The van der Waals surface area contributed by atoms with E-state index in [1.807, 2.05) is 18.2 Å². The molecular formula is C14H11Br2NO3. The summed E-state index contributed by atoms with van der Waals surface area (Å²) >= 11 is 7.13. The lowest BCUT2D eigenvalue weighted by atomic mass is 9.81. The summed E-state index contributed by atoms with van der Waals surface area (Å²) in [5, 5.41) is 0. The summed E-state index contributed by atoms with van der Waals surface area (Å²) in [5.74, 6) is -0.984. The molecule has 1 aromatic rings. The van der Waals surface area contributed by atoms with Crippen molar-refractivity contribution in [3.63, 3.8) is 0 Å². The molecule has 0 aliphatic carbocycles. The number of benzene rings is 1. The van der Waals surface area contributed by atoms with Crippen LogP contribution in [0.2, 0.25) is 0 Å². The van der Waals surface area contributed by atoms with E-state index in [4.69, 9.17) is 4.74 Å². The number of carbonyl (C=O) groups excluding carboxylic acids is 2. The third-order valence-corrected chi connectivity index (χ3v) is 7.26. The predicted octanol–water partition coefficient (Wildman–Crippen LogP) is 2.10. The van der Waals surface area contributed by atoms with E-state index in [1.165, 1.54) is 4.90 Å². The number of ether oxygens (including phenoxy) is 1. The summed E-state index contributed by atoms with van der Waals surface area (Å²) in [4.78, 5) is 26.7. The number of halogens is 2. The average molecular weight is 401 g/mol. The van der Waals surface area contributed by atoms with E-state index in [1.54, 1.807) is 12.1 Å².